The first-order chi connectivity index (χ1) is 7.74. The van der Waals surface area contributed by atoms with Crippen LogP contribution in [0.2, 0.25) is 0 Å². The van der Waals surface area contributed by atoms with Gasteiger partial charge >= 0.3 is 0 Å². The van der Waals surface area contributed by atoms with Crippen molar-refractivity contribution in [2.24, 2.45) is 0 Å². The molecular formula is C13H19BrCl2N2. The molecule has 102 valence electrons. The van der Waals surface area contributed by atoms with Crippen LogP contribution in [-0.4, -0.2) is 43.0 Å². The molecule has 0 spiro atoms. The third-order valence-electron chi connectivity index (χ3n) is 3.83. The highest BCUT2D eigenvalue weighted by Crippen LogP contribution is 2.33. The van der Waals surface area contributed by atoms with Gasteiger partial charge in [0.25, 0.3) is 0 Å². The maximum absolute atomic E-state index is 3.59. The maximum atomic E-state index is 3.59. The number of piperazine rings is 1. The molecule has 2 heterocycles. The Morgan fingerprint density at radius 2 is 1.94 bits per heavy atom. The Balaban J connectivity index is 0.000000810. The van der Waals surface area contributed by atoms with Crippen LogP contribution in [0.5, 0.6) is 0 Å². The van der Waals surface area contributed by atoms with Gasteiger partial charge in [-0.05, 0) is 36.7 Å². The second kappa shape index (κ2) is 6.58. The smallest absolute Gasteiger partial charge is 0.0478 e. The Bertz CT molecular complexity index is 414. The average molecular weight is 354 g/mol. The van der Waals surface area contributed by atoms with E-state index in [1.807, 2.05) is 0 Å². The molecule has 2 nitrogen and oxygen atoms in total. The van der Waals surface area contributed by atoms with Crippen LogP contribution in [0.4, 0.5) is 0 Å². The zero-order valence-electron chi connectivity index (χ0n) is 10.4. The molecule has 0 N–H and O–H groups in total. The summed E-state index contributed by atoms with van der Waals surface area (Å²) in [6.07, 6.45) is 1.21. The summed E-state index contributed by atoms with van der Waals surface area (Å²) in [5.74, 6) is 0. The lowest BCUT2D eigenvalue weighted by molar-refractivity contribution is 0.0825. The van der Waals surface area contributed by atoms with Crippen LogP contribution in [0, 0.1) is 0 Å². The van der Waals surface area contributed by atoms with Crippen LogP contribution < -0.4 is 0 Å². The summed E-state index contributed by atoms with van der Waals surface area (Å²) in [5.41, 5.74) is 3.08. The molecule has 3 rings (SSSR count). The first kappa shape index (κ1) is 16.3. The minimum Gasteiger partial charge on any atom is -0.303 e. The van der Waals surface area contributed by atoms with E-state index in [2.05, 4.69) is 51.0 Å². The van der Waals surface area contributed by atoms with E-state index in [0.29, 0.717) is 6.04 Å². The second-order valence-corrected chi connectivity index (χ2v) is 5.82. The van der Waals surface area contributed by atoms with E-state index in [1.54, 1.807) is 5.56 Å². The van der Waals surface area contributed by atoms with Gasteiger partial charge in [-0.3, -0.25) is 4.90 Å². The van der Waals surface area contributed by atoms with Gasteiger partial charge in [-0.15, -0.1) is 24.8 Å². The molecule has 1 fully saturated rings. The van der Waals surface area contributed by atoms with Crippen molar-refractivity contribution >= 4 is 40.7 Å². The first-order valence-corrected chi connectivity index (χ1v) is 6.74. The number of likely N-dealkylation sites (N-methyl/N-ethyl adjacent to an activating group) is 1. The van der Waals surface area contributed by atoms with Crippen molar-refractivity contribution in [1.82, 2.24) is 9.80 Å². The molecule has 2 aliphatic heterocycles. The van der Waals surface area contributed by atoms with Crippen molar-refractivity contribution in [3.05, 3.63) is 33.8 Å². The topological polar surface area (TPSA) is 6.48 Å². The molecule has 0 amide bonds. The average Bonchev–Trinajstić information content (AvgIpc) is 2.29. The molecule has 0 bridgehead atoms. The van der Waals surface area contributed by atoms with Crippen molar-refractivity contribution in [3.63, 3.8) is 0 Å². The summed E-state index contributed by atoms with van der Waals surface area (Å²) in [4.78, 5) is 5.08. The minimum atomic E-state index is 0. The summed E-state index contributed by atoms with van der Waals surface area (Å²) in [5, 5.41) is 0. The molecule has 1 atom stereocenters. The Morgan fingerprint density at radius 1 is 1.17 bits per heavy atom. The Kier molecular flexibility index (Phi) is 5.94. The fourth-order valence-corrected chi connectivity index (χ4v) is 3.27. The minimum absolute atomic E-state index is 0. The molecule has 5 heteroatoms. The van der Waals surface area contributed by atoms with E-state index >= 15 is 0 Å². The first-order valence-electron chi connectivity index (χ1n) is 5.95. The Hall–Kier alpha value is 0.200. The van der Waals surface area contributed by atoms with Crippen molar-refractivity contribution < 1.29 is 0 Å². The lowest BCUT2D eigenvalue weighted by Gasteiger charge is -2.43. The highest BCUT2D eigenvalue weighted by atomic mass is 79.9. The van der Waals surface area contributed by atoms with Crippen LogP contribution in [0.1, 0.15) is 17.2 Å². The van der Waals surface area contributed by atoms with Crippen LogP contribution >= 0.6 is 40.7 Å². The largest absolute Gasteiger partial charge is 0.303 e. The molecule has 0 radical (unpaired) electrons. The van der Waals surface area contributed by atoms with Crippen molar-refractivity contribution in [2.45, 2.75) is 12.5 Å². The van der Waals surface area contributed by atoms with Gasteiger partial charge in [0.05, 0.1) is 0 Å². The van der Waals surface area contributed by atoms with Gasteiger partial charge in [-0.2, -0.15) is 0 Å². The number of hydrogen-bond donors (Lipinski definition) is 0. The van der Waals surface area contributed by atoms with Crippen molar-refractivity contribution in [1.29, 1.82) is 0 Å². The van der Waals surface area contributed by atoms with E-state index in [9.17, 15) is 0 Å². The van der Waals surface area contributed by atoms with Crippen LogP contribution in [0.15, 0.2) is 22.7 Å². The number of nitrogens with zero attached hydrogens (tertiary/aromatic N) is 2. The van der Waals surface area contributed by atoms with Crippen LogP contribution in [0.25, 0.3) is 0 Å². The van der Waals surface area contributed by atoms with E-state index in [1.165, 1.54) is 42.6 Å². The van der Waals surface area contributed by atoms with Crippen LogP contribution in [0.3, 0.4) is 0 Å². The quantitative estimate of drug-likeness (QED) is 0.707. The number of halogens is 3. The standard InChI is InChI=1S/C13H17BrN2.2ClH/c1-15-6-7-16-5-4-10-2-3-11(14)8-12(10)13(16)9-15;;/h2-3,8,13H,4-7,9H2,1H3;2*1H. The molecule has 0 aliphatic carbocycles. The lowest BCUT2D eigenvalue weighted by atomic mass is 9.91. The summed E-state index contributed by atoms with van der Waals surface area (Å²) in [7, 11) is 2.23. The summed E-state index contributed by atoms with van der Waals surface area (Å²) in [6.45, 7) is 4.82. The van der Waals surface area contributed by atoms with E-state index in [-0.39, 0.29) is 24.8 Å². The predicted octanol–water partition coefficient (Wildman–Crippen LogP) is 3.14. The van der Waals surface area contributed by atoms with E-state index < -0.39 is 0 Å². The van der Waals surface area contributed by atoms with Gasteiger partial charge in [0, 0.05) is 36.7 Å². The normalized spacial score (nSPS) is 23.3. The van der Waals surface area contributed by atoms with Gasteiger partial charge in [0.15, 0.2) is 0 Å². The summed E-state index contributed by atoms with van der Waals surface area (Å²) < 4.78 is 1.21. The highest BCUT2D eigenvalue weighted by Gasteiger charge is 2.31. The number of hydrogen-bond acceptors (Lipinski definition) is 2. The predicted molar refractivity (Wildman–Crippen MR) is 84.2 cm³/mol. The third kappa shape index (κ3) is 3.02. The second-order valence-electron chi connectivity index (χ2n) is 4.91. The fraction of sp³-hybridized carbons (Fsp3) is 0.538. The molecule has 0 saturated carbocycles. The molecule has 1 aromatic carbocycles. The van der Waals surface area contributed by atoms with Gasteiger partial charge in [-0.1, -0.05) is 22.0 Å². The molecule has 1 unspecified atom stereocenters. The van der Waals surface area contributed by atoms with E-state index in [0.717, 1.165) is 0 Å². The molecular weight excluding hydrogens is 335 g/mol. The number of fused-ring (bicyclic) bond motifs is 3. The fourth-order valence-electron chi connectivity index (χ4n) is 2.89. The number of benzene rings is 1. The third-order valence-corrected chi connectivity index (χ3v) is 4.32. The molecule has 18 heavy (non-hydrogen) atoms. The van der Waals surface area contributed by atoms with E-state index in [4.69, 9.17) is 0 Å². The zero-order chi connectivity index (χ0) is 11.1. The number of rotatable bonds is 0. The highest BCUT2D eigenvalue weighted by molar-refractivity contribution is 9.10. The Labute approximate surface area is 130 Å². The molecule has 2 aliphatic rings. The Morgan fingerprint density at radius 3 is 2.72 bits per heavy atom. The monoisotopic (exact) mass is 352 g/mol. The van der Waals surface area contributed by atoms with Gasteiger partial charge in [0.2, 0.25) is 0 Å². The maximum Gasteiger partial charge on any atom is 0.0478 e. The summed E-state index contributed by atoms with van der Waals surface area (Å²) >= 11 is 3.59. The molecule has 1 saturated heterocycles. The van der Waals surface area contributed by atoms with Crippen LogP contribution in [-0.2, 0) is 6.42 Å². The molecule has 1 aromatic rings. The molecule has 0 aromatic heterocycles. The van der Waals surface area contributed by atoms with Crippen molar-refractivity contribution in [2.75, 3.05) is 33.2 Å². The lowest BCUT2D eigenvalue weighted by Crippen LogP contribution is -2.49. The van der Waals surface area contributed by atoms with Gasteiger partial charge in [-0.25, -0.2) is 0 Å². The van der Waals surface area contributed by atoms with Gasteiger partial charge in [0.1, 0.15) is 0 Å². The zero-order valence-corrected chi connectivity index (χ0v) is 13.7. The van der Waals surface area contributed by atoms with Crippen molar-refractivity contribution in [3.8, 4) is 0 Å². The summed E-state index contributed by atoms with van der Waals surface area (Å²) in [6, 6.07) is 7.37. The SMILES string of the molecule is CN1CCN2CCc3ccc(Br)cc3C2C1.Cl.Cl. The van der Waals surface area contributed by atoms with Gasteiger partial charge < -0.3 is 4.90 Å².